The van der Waals surface area contributed by atoms with Crippen molar-refractivity contribution >= 4 is 11.9 Å². The summed E-state index contributed by atoms with van der Waals surface area (Å²) in [6.07, 6.45) is 0. The van der Waals surface area contributed by atoms with Crippen LogP contribution in [-0.4, -0.2) is 34.2 Å². The van der Waals surface area contributed by atoms with Gasteiger partial charge in [0.15, 0.2) is 5.54 Å². The third kappa shape index (κ3) is 3.92. The molecular formula is C13H13NO4. The van der Waals surface area contributed by atoms with E-state index in [-0.39, 0.29) is 0 Å². The second kappa shape index (κ2) is 5.84. The van der Waals surface area contributed by atoms with E-state index in [1.165, 1.54) is 6.92 Å². The minimum atomic E-state index is -1.59. The summed E-state index contributed by atoms with van der Waals surface area (Å²) < 4.78 is 0. The molecule has 0 fully saturated rings. The van der Waals surface area contributed by atoms with Gasteiger partial charge in [-0.05, 0) is 19.1 Å². The molecule has 1 rings (SSSR count). The quantitative estimate of drug-likeness (QED) is 0.677. The zero-order valence-electron chi connectivity index (χ0n) is 9.80. The van der Waals surface area contributed by atoms with Gasteiger partial charge in [-0.15, -0.1) is 0 Å². The molecule has 0 radical (unpaired) electrons. The molecule has 3 N–H and O–H groups in total. The topological polar surface area (TPSA) is 86.6 Å². The largest absolute Gasteiger partial charge is 0.480 e. The van der Waals surface area contributed by atoms with Gasteiger partial charge in [-0.1, -0.05) is 30.0 Å². The van der Waals surface area contributed by atoms with Gasteiger partial charge in [0.05, 0.1) is 6.54 Å². The first-order chi connectivity index (χ1) is 8.44. The summed E-state index contributed by atoms with van der Waals surface area (Å²) in [6.45, 7) is 0.862. The van der Waals surface area contributed by atoms with Crippen LogP contribution in [0.3, 0.4) is 0 Å². The number of carboxylic acid groups (broad SMARTS) is 2. The molecule has 0 amide bonds. The average molecular weight is 247 g/mol. The number of nitrogens with one attached hydrogen (secondary N) is 1. The third-order valence-electron chi connectivity index (χ3n) is 2.25. The van der Waals surface area contributed by atoms with Crippen molar-refractivity contribution in [3.63, 3.8) is 0 Å². The lowest BCUT2D eigenvalue weighted by atomic mass is 10.0. The van der Waals surface area contributed by atoms with Crippen molar-refractivity contribution < 1.29 is 19.8 Å². The number of aliphatic carboxylic acids is 2. The molecule has 1 atom stereocenters. The summed E-state index contributed by atoms with van der Waals surface area (Å²) in [6, 6.07) is 8.88. The third-order valence-corrected chi connectivity index (χ3v) is 2.25. The summed E-state index contributed by atoms with van der Waals surface area (Å²) >= 11 is 0. The number of hydrogen-bond donors (Lipinski definition) is 3. The Hall–Kier alpha value is -2.32. The van der Waals surface area contributed by atoms with Crippen LogP contribution in [-0.2, 0) is 9.59 Å². The lowest BCUT2D eigenvalue weighted by Gasteiger charge is -2.18. The number of benzene rings is 1. The van der Waals surface area contributed by atoms with Gasteiger partial charge >= 0.3 is 11.9 Å². The Morgan fingerprint density at radius 3 is 2.39 bits per heavy atom. The molecule has 0 spiro atoms. The minimum absolute atomic E-state index is 0.466. The van der Waals surface area contributed by atoms with Gasteiger partial charge in [0, 0.05) is 5.56 Å². The molecular weight excluding hydrogens is 234 g/mol. The Morgan fingerprint density at radius 1 is 1.28 bits per heavy atom. The van der Waals surface area contributed by atoms with E-state index in [1.54, 1.807) is 24.3 Å². The van der Waals surface area contributed by atoms with Crippen LogP contribution in [0.1, 0.15) is 12.5 Å². The molecule has 0 aliphatic carbocycles. The van der Waals surface area contributed by atoms with Crippen molar-refractivity contribution in [3.8, 4) is 11.8 Å². The highest BCUT2D eigenvalue weighted by molar-refractivity contribution is 5.84. The van der Waals surface area contributed by atoms with Gasteiger partial charge in [0.1, 0.15) is 0 Å². The van der Waals surface area contributed by atoms with E-state index in [9.17, 15) is 9.59 Å². The summed E-state index contributed by atoms with van der Waals surface area (Å²) in [5.41, 5.74) is -0.920. The molecule has 0 bridgehead atoms. The monoisotopic (exact) mass is 247 g/mol. The van der Waals surface area contributed by atoms with Gasteiger partial charge in [-0.2, -0.15) is 0 Å². The fourth-order valence-electron chi connectivity index (χ4n) is 1.14. The van der Waals surface area contributed by atoms with Gasteiger partial charge in [-0.3, -0.25) is 10.1 Å². The first-order valence-corrected chi connectivity index (χ1v) is 5.22. The van der Waals surface area contributed by atoms with E-state index in [0.29, 0.717) is 5.56 Å². The highest BCUT2D eigenvalue weighted by Crippen LogP contribution is 2.03. The van der Waals surface area contributed by atoms with Crippen molar-refractivity contribution in [1.29, 1.82) is 0 Å². The highest BCUT2D eigenvalue weighted by Gasteiger charge is 2.31. The molecule has 5 nitrogen and oxygen atoms in total. The molecule has 1 aromatic carbocycles. The second-order valence-corrected chi connectivity index (χ2v) is 3.79. The van der Waals surface area contributed by atoms with E-state index in [4.69, 9.17) is 10.2 Å². The minimum Gasteiger partial charge on any atom is -0.480 e. The number of hydrogen-bond acceptors (Lipinski definition) is 3. The molecule has 1 aromatic rings. The molecule has 0 aliphatic heterocycles. The van der Waals surface area contributed by atoms with Gasteiger partial charge in [-0.25, -0.2) is 4.79 Å². The molecule has 5 heteroatoms. The van der Waals surface area contributed by atoms with Crippen LogP contribution in [0.15, 0.2) is 30.3 Å². The second-order valence-electron chi connectivity index (χ2n) is 3.79. The van der Waals surface area contributed by atoms with Crippen LogP contribution in [0.2, 0.25) is 0 Å². The van der Waals surface area contributed by atoms with Crippen molar-refractivity contribution in [1.82, 2.24) is 5.32 Å². The van der Waals surface area contributed by atoms with Gasteiger partial charge in [0.2, 0.25) is 0 Å². The van der Waals surface area contributed by atoms with Crippen molar-refractivity contribution in [2.24, 2.45) is 0 Å². The smallest absolute Gasteiger partial charge is 0.336 e. The van der Waals surface area contributed by atoms with Crippen molar-refractivity contribution in [3.05, 3.63) is 35.9 Å². The normalized spacial score (nSPS) is 12.9. The summed E-state index contributed by atoms with van der Waals surface area (Å²) in [5.74, 6) is 2.90. The average Bonchev–Trinajstić information content (AvgIpc) is 2.35. The van der Waals surface area contributed by atoms with E-state index in [2.05, 4.69) is 17.2 Å². The molecule has 94 valence electrons. The van der Waals surface area contributed by atoms with Crippen molar-refractivity contribution in [2.45, 2.75) is 12.5 Å². The SMILES string of the molecule is CC(C#Cc1ccccc1)(NCC(=O)O)C(=O)O. The number of rotatable bonds is 4. The van der Waals surface area contributed by atoms with E-state index < -0.39 is 24.0 Å². The van der Waals surface area contributed by atoms with Crippen LogP contribution in [0.5, 0.6) is 0 Å². The van der Waals surface area contributed by atoms with Crippen LogP contribution >= 0.6 is 0 Å². The fourth-order valence-corrected chi connectivity index (χ4v) is 1.14. The maximum absolute atomic E-state index is 11.1. The van der Waals surface area contributed by atoms with Gasteiger partial charge < -0.3 is 10.2 Å². The Morgan fingerprint density at radius 2 is 1.89 bits per heavy atom. The van der Waals surface area contributed by atoms with Crippen LogP contribution < -0.4 is 5.32 Å². The van der Waals surface area contributed by atoms with Crippen LogP contribution in [0.4, 0.5) is 0 Å². The van der Waals surface area contributed by atoms with E-state index in [1.807, 2.05) is 6.07 Å². The molecule has 0 saturated carbocycles. The predicted octanol–water partition coefficient (Wildman–Crippen LogP) is 0.556. The Balaban J connectivity index is 2.90. The fraction of sp³-hybridized carbons (Fsp3) is 0.231. The summed E-state index contributed by atoms with van der Waals surface area (Å²) in [4.78, 5) is 21.5. The number of carboxylic acids is 2. The predicted molar refractivity (Wildman–Crippen MR) is 65.0 cm³/mol. The first-order valence-electron chi connectivity index (χ1n) is 5.22. The zero-order chi connectivity index (χ0) is 13.6. The first kappa shape index (κ1) is 13.7. The Kier molecular flexibility index (Phi) is 4.46. The molecule has 18 heavy (non-hydrogen) atoms. The number of carbonyl (C=O) groups is 2. The van der Waals surface area contributed by atoms with E-state index >= 15 is 0 Å². The maximum atomic E-state index is 11.1. The molecule has 0 saturated heterocycles. The van der Waals surface area contributed by atoms with Crippen molar-refractivity contribution in [2.75, 3.05) is 6.54 Å². The zero-order valence-corrected chi connectivity index (χ0v) is 9.80. The molecule has 0 aromatic heterocycles. The van der Waals surface area contributed by atoms with Crippen LogP contribution in [0, 0.1) is 11.8 Å². The summed E-state index contributed by atoms with van der Waals surface area (Å²) in [7, 11) is 0. The standard InChI is InChI=1S/C13H13NO4/c1-13(12(17)18,14-9-11(15)16)8-7-10-5-3-2-4-6-10/h2-6,14H,9H2,1H3,(H,15,16)(H,17,18). The molecule has 1 unspecified atom stereocenters. The molecule has 0 aliphatic rings. The molecule has 0 heterocycles. The Labute approximate surface area is 104 Å². The summed E-state index contributed by atoms with van der Waals surface area (Å²) in [5, 5.41) is 20.0. The van der Waals surface area contributed by atoms with Gasteiger partial charge in [0.25, 0.3) is 0 Å². The lowest BCUT2D eigenvalue weighted by Crippen LogP contribution is -2.50. The van der Waals surface area contributed by atoms with E-state index in [0.717, 1.165) is 0 Å². The maximum Gasteiger partial charge on any atom is 0.336 e. The Bertz CT molecular complexity index is 501. The van der Waals surface area contributed by atoms with Crippen LogP contribution in [0.25, 0.3) is 0 Å². The highest BCUT2D eigenvalue weighted by atomic mass is 16.4. The lowest BCUT2D eigenvalue weighted by molar-refractivity contribution is -0.142.